The van der Waals surface area contributed by atoms with Crippen molar-refractivity contribution in [2.75, 3.05) is 19.0 Å². The summed E-state index contributed by atoms with van der Waals surface area (Å²) in [5.74, 6) is 1.88. The number of para-hydroxylation sites is 1. The van der Waals surface area contributed by atoms with Gasteiger partial charge in [-0.25, -0.2) is 0 Å². The molecule has 1 aromatic heterocycles. The number of methoxy groups -OCH3 is 1. The number of aryl methyl sites for hydroxylation is 1. The smallest absolute Gasteiger partial charge is 0.248 e. The highest BCUT2D eigenvalue weighted by atomic mass is 35.5. The Morgan fingerprint density at radius 2 is 2.06 bits per heavy atom. The predicted octanol–water partition coefficient (Wildman–Crippen LogP) is 5.39. The number of hydrogen-bond acceptors (Lipinski definition) is 6. The van der Waals surface area contributed by atoms with E-state index in [1.807, 2.05) is 32.0 Å². The first-order valence-electron chi connectivity index (χ1n) is 9.76. The first kappa shape index (κ1) is 22.4. The summed E-state index contributed by atoms with van der Waals surface area (Å²) in [5, 5.41) is 7.17. The van der Waals surface area contributed by atoms with Crippen LogP contribution in [0.15, 0.2) is 47.0 Å². The van der Waals surface area contributed by atoms with Crippen LogP contribution in [0.1, 0.15) is 25.3 Å². The summed E-state index contributed by atoms with van der Waals surface area (Å²) >= 11 is 6.37. The second-order valence-corrected chi connectivity index (χ2v) is 7.65. The van der Waals surface area contributed by atoms with Crippen molar-refractivity contribution in [1.29, 1.82) is 0 Å². The van der Waals surface area contributed by atoms with Gasteiger partial charge in [0.25, 0.3) is 0 Å². The average molecular weight is 442 g/mol. The van der Waals surface area contributed by atoms with Gasteiger partial charge in [0.05, 0.1) is 24.4 Å². The van der Waals surface area contributed by atoms with Crippen LogP contribution in [0.25, 0.3) is 17.5 Å². The molecule has 0 aliphatic heterocycles. The number of carbonyl (C=O) groups excluding carboxylic acids is 1. The fourth-order valence-corrected chi connectivity index (χ4v) is 3.04. The molecule has 3 aromatic rings. The highest BCUT2D eigenvalue weighted by Crippen LogP contribution is 2.37. The number of rotatable bonds is 8. The summed E-state index contributed by atoms with van der Waals surface area (Å²) in [6.07, 6.45) is 3.06. The fourth-order valence-electron chi connectivity index (χ4n) is 2.77. The van der Waals surface area contributed by atoms with Gasteiger partial charge < -0.3 is 19.3 Å². The third-order valence-corrected chi connectivity index (χ3v) is 4.47. The Morgan fingerprint density at radius 3 is 2.74 bits per heavy atom. The highest BCUT2D eigenvalue weighted by molar-refractivity contribution is 6.32. The Morgan fingerprint density at radius 1 is 1.29 bits per heavy atom. The van der Waals surface area contributed by atoms with Crippen molar-refractivity contribution in [3.63, 3.8) is 0 Å². The van der Waals surface area contributed by atoms with Gasteiger partial charge >= 0.3 is 0 Å². The topological polar surface area (TPSA) is 86.5 Å². The minimum Gasteiger partial charge on any atom is -0.493 e. The van der Waals surface area contributed by atoms with E-state index in [1.54, 1.807) is 38.3 Å². The quantitative estimate of drug-likeness (QED) is 0.471. The maximum absolute atomic E-state index is 12.5. The van der Waals surface area contributed by atoms with E-state index in [0.29, 0.717) is 57.6 Å². The van der Waals surface area contributed by atoms with E-state index in [4.69, 9.17) is 25.6 Å². The molecule has 0 saturated heterocycles. The number of halogens is 1. The van der Waals surface area contributed by atoms with Crippen LogP contribution in [0.4, 0.5) is 5.69 Å². The molecule has 0 spiro atoms. The summed E-state index contributed by atoms with van der Waals surface area (Å²) in [6, 6.07) is 10.7. The molecule has 1 heterocycles. The van der Waals surface area contributed by atoms with Crippen LogP contribution in [0, 0.1) is 12.8 Å². The third-order valence-electron chi connectivity index (χ3n) is 4.19. The van der Waals surface area contributed by atoms with Crippen LogP contribution in [0.2, 0.25) is 5.02 Å². The number of benzene rings is 2. The molecule has 0 bridgehead atoms. The Labute approximate surface area is 186 Å². The van der Waals surface area contributed by atoms with Crippen LogP contribution in [0.3, 0.4) is 0 Å². The second-order valence-electron chi connectivity index (χ2n) is 7.24. The molecule has 31 heavy (non-hydrogen) atoms. The molecule has 0 aliphatic carbocycles. The van der Waals surface area contributed by atoms with Crippen molar-refractivity contribution in [1.82, 2.24) is 10.1 Å². The molecule has 8 heteroatoms. The summed E-state index contributed by atoms with van der Waals surface area (Å²) in [4.78, 5) is 16.7. The van der Waals surface area contributed by atoms with E-state index in [9.17, 15) is 4.79 Å². The molecule has 7 nitrogen and oxygen atoms in total. The van der Waals surface area contributed by atoms with Crippen molar-refractivity contribution >= 4 is 29.3 Å². The molecule has 0 fully saturated rings. The van der Waals surface area contributed by atoms with Crippen LogP contribution in [-0.2, 0) is 4.79 Å². The normalized spacial score (nSPS) is 11.2. The lowest BCUT2D eigenvalue weighted by atomic mass is 10.1. The fraction of sp³-hybridized carbons (Fsp3) is 0.261. The first-order chi connectivity index (χ1) is 14.9. The first-order valence-corrected chi connectivity index (χ1v) is 10.1. The lowest BCUT2D eigenvalue weighted by molar-refractivity contribution is -0.111. The van der Waals surface area contributed by atoms with Crippen LogP contribution in [0.5, 0.6) is 11.5 Å². The molecule has 0 aliphatic rings. The predicted molar refractivity (Wildman–Crippen MR) is 120 cm³/mol. The number of anilines is 1. The molecule has 3 rings (SSSR count). The van der Waals surface area contributed by atoms with Gasteiger partial charge in [0, 0.05) is 18.6 Å². The molecular weight excluding hydrogens is 418 g/mol. The summed E-state index contributed by atoms with van der Waals surface area (Å²) < 4.78 is 16.2. The van der Waals surface area contributed by atoms with E-state index in [0.717, 1.165) is 0 Å². The van der Waals surface area contributed by atoms with Crippen molar-refractivity contribution < 1.29 is 18.8 Å². The molecule has 0 unspecified atom stereocenters. The zero-order valence-corrected chi connectivity index (χ0v) is 18.6. The average Bonchev–Trinajstić information content (AvgIpc) is 3.17. The van der Waals surface area contributed by atoms with Crippen LogP contribution >= 0.6 is 11.6 Å². The molecule has 1 amide bonds. The maximum Gasteiger partial charge on any atom is 0.248 e. The largest absolute Gasteiger partial charge is 0.493 e. The zero-order chi connectivity index (χ0) is 22.4. The molecular formula is C23H24ClN3O4. The number of ether oxygens (including phenoxy) is 2. The number of nitrogens with one attached hydrogen (secondary N) is 1. The Balaban J connectivity index is 1.76. The van der Waals surface area contributed by atoms with Gasteiger partial charge in [-0.1, -0.05) is 42.7 Å². The lowest BCUT2D eigenvalue weighted by Gasteiger charge is -2.14. The van der Waals surface area contributed by atoms with E-state index in [2.05, 4.69) is 15.5 Å². The standard InChI is InChI=1S/C23H24ClN3O4/c1-14(2)13-30-22-18(24)11-16(12-20(22)29-4)9-10-21(28)26-19-8-6-5-7-17(19)23-25-15(3)31-27-23/h5-12,14H,13H2,1-4H3,(H,26,28)/b10-9+. The molecule has 2 aromatic carbocycles. The van der Waals surface area contributed by atoms with Crippen molar-refractivity contribution in [2.24, 2.45) is 5.92 Å². The van der Waals surface area contributed by atoms with E-state index in [-0.39, 0.29) is 5.91 Å². The van der Waals surface area contributed by atoms with Gasteiger partial charge in [0.2, 0.25) is 17.6 Å². The van der Waals surface area contributed by atoms with Crippen molar-refractivity contribution in [2.45, 2.75) is 20.8 Å². The molecule has 162 valence electrons. The molecule has 0 atom stereocenters. The lowest BCUT2D eigenvalue weighted by Crippen LogP contribution is -2.09. The molecule has 0 radical (unpaired) electrons. The minimum atomic E-state index is -0.317. The van der Waals surface area contributed by atoms with Crippen molar-refractivity contribution in [3.8, 4) is 22.9 Å². The van der Waals surface area contributed by atoms with E-state index < -0.39 is 0 Å². The second kappa shape index (κ2) is 10.1. The van der Waals surface area contributed by atoms with Gasteiger partial charge in [0.1, 0.15) is 0 Å². The Kier molecular flexibility index (Phi) is 7.31. The molecule has 0 saturated carbocycles. The number of hydrogen-bond donors (Lipinski definition) is 1. The van der Waals surface area contributed by atoms with Gasteiger partial charge in [-0.05, 0) is 41.8 Å². The minimum absolute atomic E-state index is 0.317. The highest BCUT2D eigenvalue weighted by Gasteiger charge is 2.13. The number of nitrogens with zero attached hydrogens (tertiary/aromatic N) is 2. The Hall–Kier alpha value is -3.32. The third kappa shape index (κ3) is 5.86. The van der Waals surface area contributed by atoms with Gasteiger partial charge in [-0.15, -0.1) is 0 Å². The monoisotopic (exact) mass is 441 g/mol. The zero-order valence-electron chi connectivity index (χ0n) is 17.8. The maximum atomic E-state index is 12.5. The van der Waals surface area contributed by atoms with Crippen LogP contribution in [-0.4, -0.2) is 29.8 Å². The number of carbonyl (C=O) groups is 1. The number of aromatic nitrogens is 2. The van der Waals surface area contributed by atoms with Gasteiger partial charge in [0.15, 0.2) is 11.5 Å². The van der Waals surface area contributed by atoms with Crippen LogP contribution < -0.4 is 14.8 Å². The summed E-state index contributed by atoms with van der Waals surface area (Å²) in [6.45, 7) is 6.33. The van der Waals surface area contributed by atoms with Gasteiger partial charge in [-0.2, -0.15) is 4.98 Å². The van der Waals surface area contributed by atoms with Gasteiger partial charge in [-0.3, -0.25) is 4.79 Å². The summed E-state index contributed by atoms with van der Waals surface area (Å²) in [7, 11) is 1.55. The summed E-state index contributed by atoms with van der Waals surface area (Å²) in [5.41, 5.74) is 1.94. The number of amides is 1. The van der Waals surface area contributed by atoms with E-state index >= 15 is 0 Å². The SMILES string of the molecule is COc1cc(/C=C/C(=O)Nc2ccccc2-c2noc(C)n2)cc(Cl)c1OCC(C)C. The van der Waals surface area contributed by atoms with Crippen molar-refractivity contribution in [3.05, 3.63) is 59.0 Å². The molecule has 1 N–H and O–H groups in total. The Bertz CT molecular complexity index is 1090. The van der Waals surface area contributed by atoms with E-state index in [1.165, 1.54) is 6.08 Å².